The summed E-state index contributed by atoms with van der Waals surface area (Å²) in [5.41, 5.74) is 4.15. The van der Waals surface area contributed by atoms with Crippen molar-refractivity contribution in [2.24, 2.45) is 4.99 Å². The third-order valence-corrected chi connectivity index (χ3v) is 5.10. The van der Waals surface area contributed by atoms with E-state index in [2.05, 4.69) is 36.0 Å². The fourth-order valence-electron chi connectivity index (χ4n) is 3.13. The Labute approximate surface area is 145 Å². The Balaban J connectivity index is 1.97. The van der Waals surface area contributed by atoms with Gasteiger partial charge in [0.15, 0.2) is 0 Å². The van der Waals surface area contributed by atoms with Gasteiger partial charge in [0, 0.05) is 16.5 Å². The van der Waals surface area contributed by atoms with Crippen molar-refractivity contribution in [2.45, 2.75) is 32.2 Å². The number of halogens is 1. The zero-order chi connectivity index (χ0) is 16.9. The summed E-state index contributed by atoms with van der Waals surface area (Å²) in [4.78, 5) is 9.62. The second kappa shape index (κ2) is 5.35. The van der Waals surface area contributed by atoms with Gasteiger partial charge in [-0.05, 0) is 37.6 Å². The average Bonchev–Trinajstić information content (AvgIpc) is 2.58. The number of aromatic nitrogens is 3. The van der Waals surface area contributed by atoms with Crippen LogP contribution in [0.1, 0.15) is 43.6 Å². The molecule has 0 bridgehead atoms. The Morgan fingerprint density at radius 3 is 2.50 bits per heavy atom. The summed E-state index contributed by atoms with van der Waals surface area (Å²) in [6.07, 6.45) is 0. The molecule has 120 valence electrons. The van der Waals surface area contributed by atoms with Crippen LogP contribution >= 0.6 is 11.6 Å². The highest BCUT2D eigenvalue weighted by atomic mass is 35.5. The molecule has 2 heterocycles. The molecule has 4 rings (SSSR count). The maximum absolute atomic E-state index is 6.50. The van der Waals surface area contributed by atoms with Gasteiger partial charge in [0.25, 0.3) is 0 Å². The third-order valence-electron chi connectivity index (χ3n) is 4.77. The molecule has 0 saturated heterocycles. The molecule has 0 amide bonds. The Kier molecular flexibility index (Phi) is 3.39. The Morgan fingerprint density at radius 2 is 1.71 bits per heavy atom. The van der Waals surface area contributed by atoms with Crippen molar-refractivity contribution in [2.75, 3.05) is 0 Å². The van der Waals surface area contributed by atoms with Crippen LogP contribution in [0, 0.1) is 0 Å². The van der Waals surface area contributed by atoms with Crippen molar-refractivity contribution in [1.82, 2.24) is 15.2 Å². The van der Waals surface area contributed by atoms with Crippen LogP contribution in [-0.4, -0.2) is 26.4 Å². The second-order valence-electron chi connectivity index (χ2n) is 6.66. The maximum atomic E-state index is 6.50. The van der Waals surface area contributed by atoms with Crippen LogP contribution in [0.15, 0.2) is 47.5 Å². The number of benzene rings is 2. The predicted molar refractivity (Wildman–Crippen MR) is 96.9 cm³/mol. The standard InChI is InChI=1S/C19H17ClN4/c1-11-16-12(7-6-8-13(16)20)17(22-19(11,2)3)18-21-14-9-4-5-10-15(14)23-24-18/h4-11H,1-3H3. The zero-order valence-corrected chi connectivity index (χ0v) is 14.5. The van der Waals surface area contributed by atoms with Gasteiger partial charge in [0.05, 0.1) is 11.1 Å². The first-order valence-electron chi connectivity index (χ1n) is 7.96. The molecule has 3 aromatic rings. The Bertz CT molecular complexity index is 978. The Hall–Kier alpha value is -2.33. The highest BCUT2D eigenvalue weighted by Gasteiger charge is 2.36. The molecule has 1 aliphatic heterocycles. The van der Waals surface area contributed by atoms with Crippen molar-refractivity contribution in [3.63, 3.8) is 0 Å². The van der Waals surface area contributed by atoms with Gasteiger partial charge in [-0.3, -0.25) is 4.99 Å². The van der Waals surface area contributed by atoms with E-state index < -0.39 is 0 Å². The van der Waals surface area contributed by atoms with Gasteiger partial charge in [-0.2, -0.15) is 0 Å². The molecule has 1 aliphatic rings. The lowest BCUT2D eigenvalue weighted by Gasteiger charge is -2.35. The summed E-state index contributed by atoms with van der Waals surface area (Å²) in [6, 6.07) is 13.6. The van der Waals surface area contributed by atoms with E-state index in [0.29, 0.717) is 5.82 Å². The van der Waals surface area contributed by atoms with E-state index in [-0.39, 0.29) is 11.5 Å². The molecule has 0 spiro atoms. The minimum absolute atomic E-state index is 0.207. The molecule has 0 fully saturated rings. The van der Waals surface area contributed by atoms with Crippen molar-refractivity contribution in [3.05, 3.63) is 64.4 Å². The Morgan fingerprint density at radius 1 is 0.958 bits per heavy atom. The average molecular weight is 337 g/mol. The van der Waals surface area contributed by atoms with Crippen molar-refractivity contribution < 1.29 is 0 Å². The molecule has 0 aliphatic carbocycles. The molecular weight excluding hydrogens is 320 g/mol. The lowest BCUT2D eigenvalue weighted by molar-refractivity contribution is 0.432. The molecule has 1 aromatic heterocycles. The highest BCUT2D eigenvalue weighted by Crippen LogP contribution is 2.41. The lowest BCUT2D eigenvalue weighted by Crippen LogP contribution is -2.34. The van der Waals surface area contributed by atoms with Crippen molar-refractivity contribution in [3.8, 4) is 0 Å². The van der Waals surface area contributed by atoms with E-state index in [1.54, 1.807) is 0 Å². The number of hydrogen-bond donors (Lipinski definition) is 0. The minimum atomic E-state index is -0.289. The first-order chi connectivity index (χ1) is 11.5. The fourth-order valence-corrected chi connectivity index (χ4v) is 3.47. The largest absolute Gasteiger partial charge is 0.274 e. The van der Waals surface area contributed by atoms with E-state index in [9.17, 15) is 0 Å². The van der Waals surface area contributed by atoms with Gasteiger partial charge in [0.1, 0.15) is 11.2 Å². The second-order valence-corrected chi connectivity index (χ2v) is 7.07. The van der Waals surface area contributed by atoms with E-state index in [0.717, 1.165) is 32.9 Å². The molecule has 4 nitrogen and oxygen atoms in total. The summed E-state index contributed by atoms with van der Waals surface area (Å²) in [5.74, 6) is 0.746. The van der Waals surface area contributed by atoms with Crippen LogP contribution in [0.5, 0.6) is 0 Å². The molecule has 2 aromatic carbocycles. The fraction of sp³-hybridized carbons (Fsp3) is 0.263. The number of rotatable bonds is 1. The van der Waals surface area contributed by atoms with E-state index in [1.807, 2.05) is 42.5 Å². The summed E-state index contributed by atoms with van der Waals surface area (Å²) in [7, 11) is 0. The first-order valence-corrected chi connectivity index (χ1v) is 8.33. The van der Waals surface area contributed by atoms with Crippen LogP contribution in [0.25, 0.3) is 11.0 Å². The van der Waals surface area contributed by atoms with Crippen LogP contribution in [0.2, 0.25) is 5.02 Å². The molecule has 0 N–H and O–H groups in total. The SMILES string of the molecule is CC1c2c(Cl)cccc2C(c2nnc3ccccc3n2)=NC1(C)C. The smallest absolute Gasteiger partial charge is 0.201 e. The van der Waals surface area contributed by atoms with Crippen LogP contribution < -0.4 is 0 Å². The zero-order valence-electron chi connectivity index (χ0n) is 13.8. The summed E-state index contributed by atoms with van der Waals surface area (Å²) in [6.45, 7) is 6.38. The highest BCUT2D eigenvalue weighted by molar-refractivity contribution is 6.32. The molecule has 5 heteroatoms. The summed E-state index contributed by atoms with van der Waals surface area (Å²) < 4.78 is 0. The quantitative estimate of drug-likeness (QED) is 0.661. The minimum Gasteiger partial charge on any atom is -0.274 e. The lowest BCUT2D eigenvalue weighted by atomic mass is 9.77. The van der Waals surface area contributed by atoms with Gasteiger partial charge in [-0.25, -0.2) is 4.98 Å². The van der Waals surface area contributed by atoms with E-state index >= 15 is 0 Å². The number of para-hydroxylation sites is 1. The number of hydrogen-bond acceptors (Lipinski definition) is 4. The van der Waals surface area contributed by atoms with E-state index in [4.69, 9.17) is 16.6 Å². The third kappa shape index (κ3) is 2.29. The first kappa shape index (κ1) is 15.2. The molecule has 24 heavy (non-hydrogen) atoms. The maximum Gasteiger partial charge on any atom is 0.201 e. The van der Waals surface area contributed by atoms with Gasteiger partial charge in [-0.15, -0.1) is 10.2 Å². The molecule has 0 radical (unpaired) electrons. The molecule has 1 unspecified atom stereocenters. The van der Waals surface area contributed by atoms with Gasteiger partial charge in [0.2, 0.25) is 5.82 Å². The van der Waals surface area contributed by atoms with Crippen molar-refractivity contribution in [1.29, 1.82) is 0 Å². The summed E-state index contributed by atoms with van der Waals surface area (Å²) >= 11 is 6.50. The normalized spacial score (nSPS) is 19.0. The van der Waals surface area contributed by atoms with E-state index in [1.165, 1.54) is 0 Å². The number of aliphatic imine (C=N–C) groups is 1. The summed E-state index contributed by atoms with van der Waals surface area (Å²) in [5, 5.41) is 9.37. The molecular formula is C19H17ClN4. The van der Waals surface area contributed by atoms with Crippen LogP contribution in [0.4, 0.5) is 0 Å². The number of fused-ring (bicyclic) bond motifs is 2. The van der Waals surface area contributed by atoms with Gasteiger partial charge < -0.3 is 0 Å². The molecule has 1 atom stereocenters. The van der Waals surface area contributed by atoms with Crippen LogP contribution in [0.3, 0.4) is 0 Å². The molecule has 0 saturated carbocycles. The van der Waals surface area contributed by atoms with Gasteiger partial charge >= 0.3 is 0 Å². The van der Waals surface area contributed by atoms with Crippen molar-refractivity contribution >= 4 is 28.3 Å². The monoisotopic (exact) mass is 336 g/mol. The topological polar surface area (TPSA) is 51.0 Å². The van der Waals surface area contributed by atoms with Crippen LogP contribution in [-0.2, 0) is 0 Å². The number of nitrogens with zero attached hydrogens (tertiary/aromatic N) is 4. The predicted octanol–water partition coefficient (Wildman–Crippen LogP) is 4.41. The van der Waals surface area contributed by atoms with Gasteiger partial charge in [-0.1, -0.05) is 42.8 Å².